The summed E-state index contributed by atoms with van der Waals surface area (Å²) in [6.45, 7) is 0. The molecule has 0 spiro atoms. The molecule has 0 amide bonds. The minimum atomic E-state index is 0.378. The first kappa shape index (κ1) is 12.7. The lowest BCUT2D eigenvalue weighted by atomic mass is 10.2. The predicted octanol–water partition coefficient (Wildman–Crippen LogP) is 2.46. The van der Waals surface area contributed by atoms with Gasteiger partial charge in [0.15, 0.2) is 23.0 Å². The summed E-state index contributed by atoms with van der Waals surface area (Å²) in [5, 5.41) is 8.60. The average Bonchev–Trinajstić information content (AvgIpc) is 2.89. The molecule has 3 aromatic rings. The summed E-state index contributed by atoms with van der Waals surface area (Å²) in [5.74, 6) is 1.94. The Morgan fingerprint density at radius 1 is 1.05 bits per heavy atom. The Labute approximate surface area is 119 Å². The van der Waals surface area contributed by atoms with E-state index < -0.39 is 0 Å². The summed E-state index contributed by atoms with van der Waals surface area (Å²) >= 11 is 5.83. The van der Waals surface area contributed by atoms with Crippen LogP contribution in [0.15, 0.2) is 30.6 Å². The van der Waals surface area contributed by atoms with Crippen LogP contribution in [0.1, 0.15) is 0 Å². The minimum absolute atomic E-state index is 0.378. The first-order valence-corrected chi connectivity index (χ1v) is 6.19. The number of hydrogen-bond acceptors (Lipinski definition) is 5. The molecular weight excluding hydrogens is 280 g/mol. The molecule has 0 bridgehead atoms. The third-order valence-corrected chi connectivity index (χ3v) is 3.12. The van der Waals surface area contributed by atoms with Gasteiger partial charge < -0.3 is 9.47 Å². The summed E-state index contributed by atoms with van der Waals surface area (Å²) in [5.41, 5.74) is 1.48. The normalized spacial score (nSPS) is 10.8. The standard InChI is InChI=1S/C13H11ClN4O2/c1-19-9-4-3-8(5-10(9)20-2)13-17-16-12-6-11(14)15-7-18(12)13/h3-7H,1-2H3. The van der Waals surface area contributed by atoms with Crippen LogP contribution in [0.4, 0.5) is 0 Å². The highest BCUT2D eigenvalue weighted by atomic mass is 35.5. The maximum atomic E-state index is 5.83. The van der Waals surface area contributed by atoms with Crippen LogP contribution in [-0.4, -0.2) is 33.8 Å². The van der Waals surface area contributed by atoms with Gasteiger partial charge in [0.2, 0.25) is 0 Å². The molecule has 2 aromatic heterocycles. The Hall–Kier alpha value is -2.34. The Bertz CT molecular complexity index is 772. The van der Waals surface area contributed by atoms with Crippen molar-refractivity contribution >= 4 is 17.2 Å². The van der Waals surface area contributed by atoms with E-state index in [-0.39, 0.29) is 0 Å². The molecule has 0 unspecified atom stereocenters. The number of halogens is 1. The molecule has 7 heteroatoms. The summed E-state index contributed by atoms with van der Waals surface area (Å²) in [6.07, 6.45) is 1.59. The third kappa shape index (κ3) is 2.04. The molecule has 0 saturated carbocycles. The SMILES string of the molecule is COc1ccc(-c2nnc3cc(Cl)ncn23)cc1OC. The Balaban J connectivity index is 2.15. The monoisotopic (exact) mass is 290 g/mol. The quantitative estimate of drug-likeness (QED) is 0.693. The molecule has 0 aliphatic heterocycles. The van der Waals surface area contributed by atoms with E-state index in [0.29, 0.717) is 28.1 Å². The van der Waals surface area contributed by atoms with Crippen molar-refractivity contribution in [1.82, 2.24) is 19.6 Å². The van der Waals surface area contributed by atoms with E-state index in [1.165, 1.54) is 0 Å². The van der Waals surface area contributed by atoms with Crippen LogP contribution in [0.2, 0.25) is 5.15 Å². The smallest absolute Gasteiger partial charge is 0.169 e. The van der Waals surface area contributed by atoms with Crippen LogP contribution >= 0.6 is 11.6 Å². The van der Waals surface area contributed by atoms with E-state index in [9.17, 15) is 0 Å². The first-order chi connectivity index (χ1) is 9.72. The largest absolute Gasteiger partial charge is 0.493 e. The van der Waals surface area contributed by atoms with Gasteiger partial charge in [0.25, 0.3) is 0 Å². The molecule has 20 heavy (non-hydrogen) atoms. The molecule has 0 radical (unpaired) electrons. The van der Waals surface area contributed by atoms with Crippen molar-refractivity contribution in [3.63, 3.8) is 0 Å². The van der Waals surface area contributed by atoms with Crippen LogP contribution in [0, 0.1) is 0 Å². The number of fused-ring (bicyclic) bond motifs is 1. The van der Waals surface area contributed by atoms with E-state index in [0.717, 1.165) is 5.56 Å². The molecule has 2 heterocycles. The number of benzene rings is 1. The zero-order chi connectivity index (χ0) is 14.1. The number of hydrogen-bond donors (Lipinski definition) is 0. The Kier molecular flexibility index (Phi) is 3.15. The van der Waals surface area contributed by atoms with Crippen LogP contribution in [0.5, 0.6) is 11.5 Å². The van der Waals surface area contributed by atoms with Crippen molar-refractivity contribution in [1.29, 1.82) is 0 Å². The molecular formula is C13H11ClN4O2. The maximum absolute atomic E-state index is 5.83. The van der Waals surface area contributed by atoms with Crippen molar-refractivity contribution in [2.45, 2.75) is 0 Å². The molecule has 0 atom stereocenters. The Morgan fingerprint density at radius 2 is 1.85 bits per heavy atom. The zero-order valence-corrected chi connectivity index (χ0v) is 11.6. The highest BCUT2D eigenvalue weighted by molar-refractivity contribution is 6.29. The summed E-state index contributed by atoms with van der Waals surface area (Å²) < 4.78 is 12.3. The van der Waals surface area contributed by atoms with E-state index in [1.54, 1.807) is 31.0 Å². The van der Waals surface area contributed by atoms with E-state index in [1.807, 2.05) is 18.2 Å². The number of nitrogens with zero attached hydrogens (tertiary/aromatic N) is 4. The van der Waals surface area contributed by atoms with Crippen LogP contribution in [0.3, 0.4) is 0 Å². The molecule has 102 valence electrons. The van der Waals surface area contributed by atoms with Gasteiger partial charge in [0.05, 0.1) is 14.2 Å². The topological polar surface area (TPSA) is 61.5 Å². The number of aromatic nitrogens is 4. The summed E-state index contributed by atoms with van der Waals surface area (Å²) in [4.78, 5) is 4.03. The van der Waals surface area contributed by atoms with Crippen molar-refractivity contribution in [3.8, 4) is 22.9 Å². The maximum Gasteiger partial charge on any atom is 0.169 e. The van der Waals surface area contributed by atoms with Gasteiger partial charge in [-0.2, -0.15) is 0 Å². The predicted molar refractivity (Wildman–Crippen MR) is 74.3 cm³/mol. The summed E-state index contributed by atoms with van der Waals surface area (Å²) in [7, 11) is 3.18. The van der Waals surface area contributed by atoms with Gasteiger partial charge in [-0.05, 0) is 18.2 Å². The fraction of sp³-hybridized carbons (Fsp3) is 0.154. The zero-order valence-electron chi connectivity index (χ0n) is 10.9. The van der Waals surface area contributed by atoms with Gasteiger partial charge in [0.1, 0.15) is 11.5 Å². The number of methoxy groups -OCH3 is 2. The lowest BCUT2D eigenvalue weighted by Crippen LogP contribution is -1.94. The van der Waals surface area contributed by atoms with Crippen LogP contribution < -0.4 is 9.47 Å². The fourth-order valence-corrected chi connectivity index (χ4v) is 2.09. The van der Waals surface area contributed by atoms with E-state index >= 15 is 0 Å². The number of rotatable bonds is 3. The van der Waals surface area contributed by atoms with Crippen LogP contribution in [0.25, 0.3) is 17.0 Å². The minimum Gasteiger partial charge on any atom is -0.493 e. The molecule has 0 aliphatic carbocycles. The fourth-order valence-electron chi connectivity index (χ4n) is 1.94. The molecule has 0 N–H and O–H groups in total. The number of ether oxygens (including phenoxy) is 2. The lowest BCUT2D eigenvalue weighted by Gasteiger charge is -2.08. The van der Waals surface area contributed by atoms with Gasteiger partial charge in [-0.15, -0.1) is 10.2 Å². The first-order valence-electron chi connectivity index (χ1n) is 5.81. The van der Waals surface area contributed by atoms with Gasteiger partial charge in [-0.25, -0.2) is 4.98 Å². The second-order valence-corrected chi connectivity index (χ2v) is 4.42. The van der Waals surface area contributed by atoms with E-state index in [4.69, 9.17) is 21.1 Å². The van der Waals surface area contributed by atoms with E-state index in [2.05, 4.69) is 15.2 Å². The molecule has 3 rings (SSSR count). The highest BCUT2D eigenvalue weighted by Crippen LogP contribution is 2.31. The van der Waals surface area contributed by atoms with Gasteiger partial charge in [0, 0.05) is 11.6 Å². The second kappa shape index (κ2) is 4.97. The summed E-state index contributed by atoms with van der Waals surface area (Å²) in [6, 6.07) is 7.19. The molecule has 6 nitrogen and oxygen atoms in total. The molecule has 0 fully saturated rings. The molecule has 0 saturated heterocycles. The average molecular weight is 291 g/mol. The second-order valence-electron chi connectivity index (χ2n) is 4.03. The highest BCUT2D eigenvalue weighted by Gasteiger charge is 2.12. The molecule has 0 aliphatic rings. The van der Waals surface area contributed by atoms with Gasteiger partial charge in [-0.3, -0.25) is 4.40 Å². The van der Waals surface area contributed by atoms with Crippen molar-refractivity contribution in [2.24, 2.45) is 0 Å². The van der Waals surface area contributed by atoms with Gasteiger partial charge in [-0.1, -0.05) is 11.6 Å². The van der Waals surface area contributed by atoms with Crippen LogP contribution in [-0.2, 0) is 0 Å². The Morgan fingerprint density at radius 3 is 2.60 bits per heavy atom. The molecule has 1 aromatic carbocycles. The lowest BCUT2D eigenvalue weighted by molar-refractivity contribution is 0.355. The van der Waals surface area contributed by atoms with Crippen molar-refractivity contribution in [2.75, 3.05) is 14.2 Å². The van der Waals surface area contributed by atoms with Crippen molar-refractivity contribution < 1.29 is 9.47 Å². The van der Waals surface area contributed by atoms with Gasteiger partial charge >= 0.3 is 0 Å². The van der Waals surface area contributed by atoms with Crippen molar-refractivity contribution in [3.05, 3.63) is 35.7 Å². The third-order valence-electron chi connectivity index (χ3n) is 2.91.